The second-order valence-electron chi connectivity index (χ2n) is 5.39. The van der Waals surface area contributed by atoms with E-state index in [0.29, 0.717) is 12.7 Å². The highest BCUT2D eigenvalue weighted by Crippen LogP contribution is 2.35. The fourth-order valence-electron chi connectivity index (χ4n) is 2.67. The van der Waals surface area contributed by atoms with E-state index in [1.54, 1.807) is 0 Å². The number of benzene rings is 2. The summed E-state index contributed by atoms with van der Waals surface area (Å²) in [5.74, 6) is 2.20. The number of rotatable bonds is 4. The molecule has 1 unspecified atom stereocenters. The smallest absolute Gasteiger partial charge is 0.231 e. The van der Waals surface area contributed by atoms with Crippen molar-refractivity contribution in [3.63, 3.8) is 0 Å². The summed E-state index contributed by atoms with van der Waals surface area (Å²) in [6.07, 6.45) is 2.14. The average molecular weight is 268 g/mol. The van der Waals surface area contributed by atoms with Gasteiger partial charge in [-0.1, -0.05) is 44.2 Å². The van der Waals surface area contributed by atoms with Crippen LogP contribution in [0.4, 0.5) is 0 Å². The van der Waals surface area contributed by atoms with E-state index in [1.165, 1.54) is 16.7 Å². The monoisotopic (exact) mass is 268 g/mol. The van der Waals surface area contributed by atoms with E-state index >= 15 is 0 Å². The number of ether oxygens (including phenoxy) is 2. The number of fused-ring (bicyclic) bond motifs is 1. The molecule has 20 heavy (non-hydrogen) atoms. The topological polar surface area (TPSA) is 18.5 Å². The fourth-order valence-corrected chi connectivity index (χ4v) is 2.67. The molecule has 0 amide bonds. The molecule has 0 aromatic heterocycles. The van der Waals surface area contributed by atoms with Gasteiger partial charge in [-0.15, -0.1) is 0 Å². The van der Waals surface area contributed by atoms with Gasteiger partial charge < -0.3 is 9.47 Å². The highest BCUT2D eigenvalue weighted by atomic mass is 16.7. The number of hydrogen-bond donors (Lipinski definition) is 0. The van der Waals surface area contributed by atoms with Crippen molar-refractivity contribution in [1.29, 1.82) is 0 Å². The summed E-state index contributed by atoms with van der Waals surface area (Å²) in [4.78, 5) is 0. The third-order valence-electron chi connectivity index (χ3n) is 3.91. The molecule has 0 N–H and O–H groups in total. The van der Waals surface area contributed by atoms with Crippen molar-refractivity contribution in [3.8, 4) is 11.5 Å². The van der Waals surface area contributed by atoms with Gasteiger partial charge in [-0.25, -0.2) is 0 Å². The molecular weight excluding hydrogens is 248 g/mol. The third kappa shape index (κ3) is 2.64. The molecule has 2 aromatic carbocycles. The second kappa shape index (κ2) is 5.58. The van der Waals surface area contributed by atoms with Crippen LogP contribution in [-0.4, -0.2) is 6.79 Å². The second-order valence-corrected chi connectivity index (χ2v) is 5.39. The molecule has 0 bridgehead atoms. The van der Waals surface area contributed by atoms with E-state index in [9.17, 15) is 0 Å². The van der Waals surface area contributed by atoms with Crippen LogP contribution in [0.25, 0.3) is 0 Å². The molecule has 1 aliphatic rings. The van der Waals surface area contributed by atoms with Crippen LogP contribution in [0.1, 0.15) is 36.5 Å². The van der Waals surface area contributed by atoms with Gasteiger partial charge in [0.05, 0.1) is 0 Å². The van der Waals surface area contributed by atoms with E-state index in [0.717, 1.165) is 24.3 Å². The lowest BCUT2D eigenvalue weighted by atomic mass is 9.92. The van der Waals surface area contributed by atoms with Crippen LogP contribution in [-0.2, 0) is 12.8 Å². The molecule has 1 atom stereocenters. The predicted octanol–water partition coefficient (Wildman–Crippen LogP) is 4.32. The normalized spacial score (nSPS) is 14.3. The van der Waals surface area contributed by atoms with Crippen molar-refractivity contribution in [2.24, 2.45) is 0 Å². The molecule has 0 saturated heterocycles. The Morgan fingerprint density at radius 2 is 1.80 bits per heavy atom. The molecule has 0 radical (unpaired) electrons. The Kier molecular flexibility index (Phi) is 3.64. The molecule has 2 aromatic rings. The van der Waals surface area contributed by atoms with Crippen molar-refractivity contribution in [2.45, 2.75) is 32.6 Å². The maximum atomic E-state index is 5.45. The van der Waals surface area contributed by atoms with E-state index < -0.39 is 0 Å². The van der Waals surface area contributed by atoms with Crippen LogP contribution in [0.3, 0.4) is 0 Å². The molecule has 1 aliphatic heterocycles. The Hall–Kier alpha value is -1.96. The summed E-state index contributed by atoms with van der Waals surface area (Å²) in [7, 11) is 0. The third-order valence-corrected chi connectivity index (χ3v) is 3.91. The minimum Gasteiger partial charge on any atom is -0.454 e. The van der Waals surface area contributed by atoms with Gasteiger partial charge in [0.2, 0.25) is 6.79 Å². The van der Waals surface area contributed by atoms with Crippen LogP contribution in [0.5, 0.6) is 11.5 Å². The molecule has 0 fully saturated rings. The summed E-state index contributed by atoms with van der Waals surface area (Å²) in [6, 6.07) is 15.1. The zero-order valence-corrected chi connectivity index (χ0v) is 12.1. The van der Waals surface area contributed by atoms with Gasteiger partial charge in [-0.05, 0) is 47.6 Å². The predicted molar refractivity (Wildman–Crippen MR) is 80.5 cm³/mol. The van der Waals surface area contributed by atoms with Crippen LogP contribution in [0.2, 0.25) is 0 Å². The molecule has 1 heterocycles. The van der Waals surface area contributed by atoms with Crippen molar-refractivity contribution in [1.82, 2.24) is 0 Å². The lowest BCUT2D eigenvalue weighted by Gasteiger charge is -2.13. The van der Waals surface area contributed by atoms with E-state index in [4.69, 9.17) is 9.47 Å². The zero-order chi connectivity index (χ0) is 13.9. The first kappa shape index (κ1) is 13.0. The largest absolute Gasteiger partial charge is 0.454 e. The molecule has 2 nitrogen and oxygen atoms in total. The van der Waals surface area contributed by atoms with Crippen molar-refractivity contribution >= 4 is 0 Å². The molecule has 104 valence electrons. The number of aryl methyl sites for hydroxylation is 1. The SMILES string of the molecule is CCc1cccc(CC(C)c2ccc3c(c2)OCO3)c1. The quantitative estimate of drug-likeness (QED) is 0.822. The molecule has 2 heteroatoms. The first-order valence-electron chi connectivity index (χ1n) is 7.23. The van der Waals surface area contributed by atoms with Crippen molar-refractivity contribution < 1.29 is 9.47 Å². The maximum absolute atomic E-state index is 5.45. The summed E-state index contributed by atoms with van der Waals surface area (Å²) in [6.45, 7) is 4.79. The Labute approximate surface area is 120 Å². The first-order valence-corrected chi connectivity index (χ1v) is 7.23. The van der Waals surface area contributed by atoms with Crippen molar-refractivity contribution in [2.75, 3.05) is 6.79 Å². The van der Waals surface area contributed by atoms with E-state index in [1.807, 2.05) is 6.07 Å². The van der Waals surface area contributed by atoms with Gasteiger partial charge in [0.15, 0.2) is 11.5 Å². The van der Waals surface area contributed by atoms with Gasteiger partial charge in [-0.3, -0.25) is 0 Å². The Bertz CT molecular complexity index is 604. The van der Waals surface area contributed by atoms with E-state index in [-0.39, 0.29) is 0 Å². The molecule has 0 saturated carbocycles. The van der Waals surface area contributed by atoms with Crippen LogP contribution < -0.4 is 9.47 Å². The Morgan fingerprint density at radius 3 is 2.65 bits per heavy atom. The van der Waals surface area contributed by atoms with Crippen molar-refractivity contribution in [3.05, 3.63) is 59.2 Å². The first-order chi connectivity index (χ1) is 9.76. The summed E-state index contributed by atoms with van der Waals surface area (Å²) in [5, 5.41) is 0. The molecule has 0 aliphatic carbocycles. The standard InChI is InChI=1S/C18H20O2/c1-3-14-5-4-6-15(10-14)9-13(2)16-7-8-17-18(11-16)20-12-19-17/h4-8,10-11,13H,3,9,12H2,1-2H3. The van der Waals surface area contributed by atoms with Gasteiger partial charge in [-0.2, -0.15) is 0 Å². The van der Waals surface area contributed by atoms with Crippen LogP contribution in [0.15, 0.2) is 42.5 Å². The highest BCUT2D eigenvalue weighted by Gasteiger charge is 2.16. The Balaban J connectivity index is 1.77. The minimum atomic E-state index is 0.339. The molecule has 0 spiro atoms. The lowest BCUT2D eigenvalue weighted by Crippen LogP contribution is -1.99. The fraction of sp³-hybridized carbons (Fsp3) is 0.333. The summed E-state index contributed by atoms with van der Waals surface area (Å²) < 4.78 is 10.8. The minimum absolute atomic E-state index is 0.339. The summed E-state index contributed by atoms with van der Waals surface area (Å²) in [5.41, 5.74) is 4.10. The van der Waals surface area contributed by atoms with Gasteiger partial charge in [0.25, 0.3) is 0 Å². The zero-order valence-electron chi connectivity index (χ0n) is 12.1. The van der Waals surface area contributed by atoms with Crippen LogP contribution >= 0.6 is 0 Å². The summed E-state index contributed by atoms with van der Waals surface area (Å²) >= 11 is 0. The maximum Gasteiger partial charge on any atom is 0.231 e. The Morgan fingerprint density at radius 1 is 1.00 bits per heavy atom. The number of hydrogen-bond acceptors (Lipinski definition) is 2. The van der Waals surface area contributed by atoms with Gasteiger partial charge in [0.1, 0.15) is 0 Å². The lowest BCUT2D eigenvalue weighted by molar-refractivity contribution is 0.174. The van der Waals surface area contributed by atoms with Crippen LogP contribution in [0, 0.1) is 0 Å². The van der Waals surface area contributed by atoms with E-state index in [2.05, 4.69) is 50.2 Å². The van der Waals surface area contributed by atoms with Gasteiger partial charge in [0, 0.05) is 0 Å². The molecular formula is C18H20O2. The van der Waals surface area contributed by atoms with Gasteiger partial charge >= 0.3 is 0 Å². The highest BCUT2D eigenvalue weighted by molar-refractivity contribution is 5.45. The average Bonchev–Trinajstić information content (AvgIpc) is 2.94. The molecule has 3 rings (SSSR count).